The van der Waals surface area contributed by atoms with Crippen LogP contribution >= 0.6 is 0 Å². The summed E-state index contributed by atoms with van der Waals surface area (Å²) in [6.45, 7) is 1.82. The smallest absolute Gasteiger partial charge is 0.324 e. The van der Waals surface area contributed by atoms with Gasteiger partial charge in [0, 0.05) is 6.20 Å². The summed E-state index contributed by atoms with van der Waals surface area (Å²) in [5.41, 5.74) is 1.58. The fraction of sp³-hybridized carbons (Fsp3) is 0.182. The zero-order chi connectivity index (χ0) is 21.4. The topological polar surface area (TPSA) is 94.6 Å². The largest absolute Gasteiger partial charge is 0.487 e. The summed E-state index contributed by atoms with van der Waals surface area (Å²) in [7, 11) is -3.79. The molecule has 7 nitrogen and oxygen atoms in total. The minimum absolute atomic E-state index is 0.0246. The highest BCUT2D eigenvalue weighted by atomic mass is 32.2. The summed E-state index contributed by atoms with van der Waals surface area (Å²) in [6, 6.07) is 19.5. The molecule has 1 atom stereocenters. The minimum atomic E-state index is -3.79. The summed E-state index contributed by atoms with van der Waals surface area (Å²) in [4.78, 5) is 16.4. The number of carbonyl (C=O) groups is 1. The van der Waals surface area contributed by atoms with Crippen LogP contribution in [0.2, 0.25) is 0 Å². The Kier molecular flexibility index (Phi) is 7.16. The van der Waals surface area contributed by atoms with Gasteiger partial charge in [-0.3, -0.25) is 9.78 Å². The van der Waals surface area contributed by atoms with Crippen LogP contribution in [0.3, 0.4) is 0 Å². The SMILES string of the molecule is C[C@H](NS(=O)(=O)c1ccccc1)C(=O)OCc1ccc(OCc2ccccn2)cc1. The first-order valence-corrected chi connectivity index (χ1v) is 10.8. The molecule has 30 heavy (non-hydrogen) atoms. The van der Waals surface area contributed by atoms with Gasteiger partial charge in [-0.2, -0.15) is 4.72 Å². The molecule has 156 valence electrons. The van der Waals surface area contributed by atoms with Crippen LogP contribution in [0.15, 0.2) is 83.9 Å². The Morgan fingerprint density at radius 3 is 2.33 bits per heavy atom. The van der Waals surface area contributed by atoms with Crippen LogP contribution in [0, 0.1) is 0 Å². The Morgan fingerprint density at radius 1 is 0.967 bits per heavy atom. The number of hydrogen-bond donors (Lipinski definition) is 1. The van der Waals surface area contributed by atoms with E-state index in [9.17, 15) is 13.2 Å². The van der Waals surface area contributed by atoms with Crippen LogP contribution in [0.25, 0.3) is 0 Å². The second-order valence-corrected chi connectivity index (χ2v) is 8.23. The zero-order valence-corrected chi connectivity index (χ0v) is 17.2. The number of pyridine rings is 1. The first-order chi connectivity index (χ1) is 14.4. The van der Waals surface area contributed by atoms with Gasteiger partial charge in [0.05, 0.1) is 10.6 Å². The maximum absolute atomic E-state index is 12.3. The van der Waals surface area contributed by atoms with E-state index >= 15 is 0 Å². The van der Waals surface area contributed by atoms with E-state index in [1.165, 1.54) is 19.1 Å². The summed E-state index contributed by atoms with van der Waals surface area (Å²) in [5.74, 6) is 0.00436. The third-order valence-corrected chi connectivity index (χ3v) is 5.71. The molecule has 0 fully saturated rings. The van der Waals surface area contributed by atoms with Crippen molar-refractivity contribution in [2.75, 3.05) is 0 Å². The van der Waals surface area contributed by atoms with Crippen molar-refractivity contribution in [1.82, 2.24) is 9.71 Å². The molecule has 0 spiro atoms. The number of hydrogen-bond acceptors (Lipinski definition) is 6. The second-order valence-electron chi connectivity index (χ2n) is 6.52. The van der Waals surface area contributed by atoms with Crippen LogP contribution in [-0.2, 0) is 32.8 Å². The quantitative estimate of drug-likeness (QED) is 0.529. The van der Waals surface area contributed by atoms with Gasteiger partial charge in [-0.25, -0.2) is 8.42 Å². The molecule has 1 aromatic heterocycles. The number of esters is 1. The van der Waals surface area contributed by atoms with Gasteiger partial charge in [0.25, 0.3) is 0 Å². The fourth-order valence-corrected chi connectivity index (χ4v) is 3.76. The first kappa shape index (κ1) is 21.5. The number of ether oxygens (including phenoxy) is 2. The molecular weight excluding hydrogens is 404 g/mol. The molecule has 0 aliphatic carbocycles. The lowest BCUT2D eigenvalue weighted by Crippen LogP contribution is -2.39. The molecule has 0 aliphatic rings. The summed E-state index contributed by atoms with van der Waals surface area (Å²) in [6.07, 6.45) is 1.71. The molecule has 8 heteroatoms. The van der Waals surface area contributed by atoms with Crippen LogP contribution in [0.1, 0.15) is 18.2 Å². The third-order valence-electron chi connectivity index (χ3n) is 4.16. The van der Waals surface area contributed by atoms with E-state index in [2.05, 4.69) is 9.71 Å². The summed E-state index contributed by atoms with van der Waals surface area (Å²) in [5, 5.41) is 0. The van der Waals surface area contributed by atoms with Gasteiger partial charge in [0.1, 0.15) is 25.0 Å². The number of sulfonamides is 1. The molecule has 0 radical (unpaired) electrons. The van der Waals surface area contributed by atoms with Gasteiger partial charge < -0.3 is 9.47 Å². The molecule has 3 aromatic rings. The zero-order valence-electron chi connectivity index (χ0n) is 16.4. The van der Waals surface area contributed by atoms with Crippen LogP contribution in [-0.4, -0.2) is 25.4 Å². The van der Waals surface area contributed by atoms with E-state index in [0.29, 0.717) is 12.4 Å². The van der Waals surface area contributed by atoms with Crippen molar-refractivity contribution in [2.24, 2.45) is 0 Å². The van der Waals surface area contributed by atoms with Crippen molar-refractivity contribution in [1.29, 1.82) is 0 Å². The number of carbonyl (C=O) groups excluding carboxylic acids is 1. The number of nitrogens with one attached hydrogen (secondary N) is 1. The molecule has 1 N–H and O–H groups in total. The minimum Gasteiger partial charge on any atom is -0.487 e. The van der Waals surface area contributed by atoms with Crippen LogP contribution in [0.4, 0.5) is 0 Å². The third kappa shape index (κ3) is 6.13. The van der Waals surface area contributed by atoms with E-state index in [-0.39, 0.29) is 11.5 Å². The van der Waals surface area contributed by atoms with Crippen molar-refractivity contribution in [3.63, 3.8) is 0 Å². The van der Waals surface area contributed by atoms with Gasteiger partial charge in [-0.05, 0) is 48.9 Å². The molecule has 0 amide bonds. The number of aromatic nitrogens is 1. The van der Waals surface area contributed by atoms with Gasteiger partial charge in [-0.15, -0.1) is 0 Å². The highest BCUT2D eigenvalue weighted by Crippen LogP contribution is 2.15. The van der Waals surface area contributed by atoms with Crippen molar-refractivity contribution >= 4 is 16.0 Å². The molecular formula is C22H22N2O5S. The number of nitrogens with zero attached hydrogens (tertiary/aromatic N) is 1. The molecule has 1 heterocycles. The van der Waals surface area contributed by atoms with E-state index < -0.39 is 22.0 Å². The monoisotopic (exact) mass is 426 g/mol. The van der Waals surface area contributed by atoms with E-state index in [1.54, 1.807) is 48.7 Å². The lowest BCUT2D eigenvalue weighted by Gasteiger charge is -2.14. The maximum atomic E-state index is 12.3. The maximum Gasteiger partial charge on any atom is 0.324 e. The lowest BCUT2D eigenvalue weighted by molar-refractivity contribution is -0.146. The molecule has 0 aliphatic heterocycles. The Labute approximate surface area is 175 Å². The normalized spacial score (nSPS) is 12.2. The average molecular weight is 426 g/mol. The van der Waals surface area contributed by atoms with E-state index in [0.717, 1.165) is 11.3 Å². The molecule has 0 saturated carbocycles. The Balaban J connectivity index is 1.48. The summed E-state index contributed by atoms with van der Waals surface area (Å²) >= 11 is 0. The second kappa shape index (κ2) is 10.00. The van der Waals surface area contributed by atoms with Gasteiger partial charge in [-0.1, -0.05) is 36.4 Å². The Hall–Kier alpha value is -3.23. The van der Waals surface area contributed by atoms with Crippen molar-refractivity contribution in [2.45, 2.75) is 31.1 Å². The number of benzene rings is 2. The van der Waals surface area contributed by atoms with Crippen LogP contribution in [0.5, 0.6) is 5.75 Å². The summed E-state index contributed by atoms with van der Waals surface area (Å²) < 4.78 is 37.8. The van der Waals surface area contributed by atoms with E-state index in [1.807, 2.05) is 18.2 Å². The molecule has 2 aromatic carbocycles. The number of rotatable bonds is 9. The molecule has 3 rings (SSSR count). The van der Waals surface area contributed by atoms with Crippen LogP contribution < -0.4 is 9.46 Å². The highest BCUT2D eigenvalue weighted by Gasteiger charge is 2.22. The predicted octanol–water partition coefficient (Wildman–Crippen LogP) is 3.07. The highest BCUT2D eigenvalue weighted by molar-refractivity contribution is 7.89. The predicted molar refractivity (Wildman–Crippen MR) is 111 cm³/mol. The van der Waals surface area contributed by atoms with Gasteiger partial charge in [0.2, 0.25) is 10.0 Å². The van der Waals surface area contributed by atoms with Crippen molar-refractivity contribution < 1.29 is 22.7 Å². The fourth-order valence-electron chi connectivity index (χ4n) is 2.55. The van der Waals surface area contributed by atoms with E-state index in [4.69, 9.17) is 9.47 Å². The van der Waals surface area contributed by atoms with Crippen molar-refractivity contribution in [3.05, 3.63) is 90.3 Å². The van der Waals surface area contributed by atoms with Gasteiger partial charge in [0.15, 0.2) is 0 Å². The van der Waals surface area contributed by atoms with Gasteiger partial charge >= 0.3 is 5.97 Å². The molecule has 0 bridgehead atoms. The lowest BCUT2D eigenvalue weighted by atomic mass is 10.2. The Morgan fingerprint density at radius 2 is 1.67 bits per heavy atom. The van der Waals surface area contributed by atoms with Crippen molar-refractivity contribution in [3.8, 4) is 5.75 Å². The average Bonchev–Trinajstić information content (AvgIpc) is 2.77. The molecule has 0 unspecified atom stereocenters. The first-order valence-electron chi connectivity index (χ1n) is 9.30. The standard InChI is InChI=1S/C22H22N2O5S/c1-17(24-30(26,27)21-8-3-2-4-9-21)22(25)29-15-18-10-12-20(13-11-18)28-16-19-7-5-6-14-23-19/h2-14,17,24H,15-16H2,1H3/t17-/m0/s1. The molecule has 0 saturated heterocycles. The Bertz CT molecular complexity index is 1060.